The molecule has 0 radical (unpaired) electrons. The fourth-order valence-corrected chi connectivity index (χ4v) is 3.61. The van der Waals surface area contributed by atoms with Crippen molar-refractivity contribution in [3.63, 3.8) is 0 Å². The number of anilines is 2. The summed E-state index contributed by atoms with van der Waals surface area (Å²) in [5.41, 5.74) is -1.25. The summed E-state index contributed by atoms with van der Waals surface area (Å²) >= 11 is 11.8. The van der Waals surface area contributed by atoms with Gasteiger partial charge in [0.25, 0.3) is 5.91 Å². The fraction of sp³-hybridized carbons (Fsp3) is 0.286. The van der Waals surface area contributed by atoms with Crippen LogP contribution in [0.15, 0.2) is 29.4 Å². The first-order valence-electron chi connectivity index (χ1n) is 9.99. The van der Waals surface area contributed by atoms with Crippen molar-refractivity contribution in [1.82, 2.24) is 4.90 Å². The standard InChI is InChI=1S/C21H17Cl2F5N4O4/c1-31(30-18-8-35-3-2-32(18)10-33)16-7-17(36-9-21(26,27)28)12(6-15(16)25)20(34)29-19-13(22)4-11(24)5-14(19)23/h4-7,10H,2-3,8-9H2,1H3,(H,29,34)/b30-18-. The maximum absolute atomic E-state index is 15.0. The number of amidine groups is 1. The second-order valence-corrected chi connectivity index (χ2v) is 8.11. The van der Waals surface area contributed by atoms with Crippen molar-refractivity contribution in [3.05, 3.63) is 51.5 Å². The van der Waals surface area contributed by atoms with E-state index in [0.29, 0.717) is 12.5 Å². The van der Waals surface area contributed by atoms with Gasteiger partial charge in [0.05, 0.1) is 40.1 Å². The van der Waals surface area contributed by atoms with Crippen LogP contribution in [0, 0.1) is 11.6 Å². The van der Waals surface area contributed by atoms with Crippen LogP contribution in [-0.2, 0) is 9.53 Å². The highest BCUT2D eigenvalue weighted by atomic mass is 35.5. The number of hydrazone groups is 1. The van der Waals surface area contributed by atoms with Crippen LogP contribution < -0.4 is 15.1 Å². The molecular weight excluding hydrogens is 538 g/mol. The maximum Gasteiger partial charge on any atom is 0.422 e. The van der Waals surface area contributed by atoms with Gasteiger partial charge in [-0.25, -0.2) is 8.78 Å². The number of rotatable bonds is 7. The Kier molecular flexibility index (Phi) is 8.59. The monoisotopic (exact) mass is 554 g/mol. The second kappa shape index (κ2) is 11.3. The largest absolute Gasteiger partial charge is 0.483 e. The third-order valence-corrected chi connectivity index (χ3v) is 5.31. The lowest BCUT2D eigenvalue weighted by Gasteiger charge is -2.26. The molecule has 15 heteroatoms. The van der Waals surface area contributed by atoms with Gasteiger partial charge < -0.3 is 14.8 Å². The predicted molar refractivity (Wildman–Crippen MR) is 122 cm³/mol. The molecule has 36 heavy (non-hydrogen) atoms. The zero-order chi connectivity index (χ0) is 26.6. The molecule has 0 spiro atoms. The van der Waals surface area contributed by atoms with E-state index < -0.39 is 41.6 Å². The van der Waals surface area contributed by atoms with Crippen LogP contribution in [0.2, 0.25) is 10.0 Å². The number of carbonyl (C=O) groups excluding carboxylic acids is 2. The molecule has 1 aliphatic rings. The Morgan fingerprint density at radius 3 is 2.53 bits per heavy atom. The summed E-state index contributed by atoms with van der Waals surface area (Å²) in [6, 6.07) is 3.16. The second-order valence-electron chi connectivity index (χ2n) is 7.29. The Morgan fingerprint density at radius 1 is 1.25 bits per heavy atom. The predicted octanol–water partition coefficient (Wildman–Crippen LogP) is 4.70. The summed E-state index contributed by atoms with van der Waals surface area (Å²) in [4.78, 5) is 25.3. The lowest BCUT2D eigenvalue weighted by atomic mass is 10.1. The van der Waals surface area contributed by atoms with Gasteiger partial charge in [0, 0.05) is 13.1 Å². The van der Waals surface area contributed by atoms with Gasteiger partial charge in [-0.1, -0.05) is 23.2 Å². The van der Waals surface area contributed by atoms with Crippen molar-refractivity contribution in [2.24, 2.45) is 5.10 Å². The van der Waals surface area contributed by atoms with Gasteiger partial charge in [-0.2, -0.15) is 18.3 Å². The summed E-state index contributed by atoms with van der Waals surface area (Å²) in [6.07, 6.45) is -4.27. The number of hydrogen-bond acceptors (Lipinski definition) is 6. The maximum atomic E-state index is 15.0. The van der Waals surface area contributed by atoms with E-state index in [1.54, 1.807) is 0 Å². The fourth-order valence-electron chi connectivity index (χ4n) is 3.05. The molecule has 194 valence electrons. The van der Waals surface area contributed by atoms with Gasteiger partial charge in [0.2, 0.25) is 6.41 Å². The molecule has 0 unspecified atom stereocenters. The molecule has 0 aromatic heterocycles. The third-order valence-electron chi connectivity index (χ3n) is 4.71. The summed E-state index contributed by atoms with van der Waals surface area (Å²) in [7, 11) is 1.27. The van der Waals surface area contributed by atoms with Gasteiger partial charge >= 0.3 is 6.18 Å². The van der Waals surface area contributed by atoms with Gasteiger partial charge in [0.1, 0.15) is 24.0 Å². The third kappa shape index (κ3) is 6.74. The number of nitrogens with one attached hydrogen (secondary N) is 1. The molecule has 1 aliphatic heterocycles. The van der Waals surface area contributed by atoms with E-state index in [4.69, 9.17) is 32.7 Å². The summed E-state index contributed by atoms with van der Waals surface area (Å²) in [5.74, 6) is -3.51. The van der Waals surface area contributed by atoms with E-state index in [9.17, 15) is 27.2 Å². The molecule has 0 atom stereocenters. The zero-order valence-corrected chi connectivity index (χ0v) is 19.8. The van der Waals surface area contributed by atoms with Crippen LogP contribution in [0.1, 0.15) is 10.4 Å². The van der Waals surface area contributed by atoms with E-state index in [1.165, 1.54) is 11.9 Å². The molecule has 0 aliphatic carbocycles. The average Bonchev–Trinajstić information content (AvgIpc) is 2.79. The smallest absolute Gasteiger partial charge is 0.422 e. The van der Waals surface area contributed by atoms with Crippen molar-refractivity contribution in [2.45, 2.75) is 6.18 Å². The first-order valence-corrected chi connectivity index (χ1v) is 10.7. The Hall–Kier alpha value is -3.16. The molecule has 8 nitrogen and oxygen atoms in total. The highest BCUT2D eigenvalue weighted by Crippen LogP contribution is 2.34. The normalized spacial score (nSPS) is 15.1. The Labute approximate surface area is 211 Å². The van der Waals surface area contributed by atoms with Crippen molar-refractivity contribution in [2.75, 3.05) is 43.7 Å². The van der Waals surface area contributed by atoms with E-state index in [2.05, 4.69) is 10.4 Å². The number of alkyl halides is 3. The van der Waals surface area contributed by atoms with E-state index >= 15 is 4.39 Å². The van der Waals surface area contributed by atoms with Gasteiger partial charge in [-0.15, -0.1) is 0 Å². The first kappa shape index (κ1) is 27.4. The number of nitrogens with zero attached hydrogens (tertiary/aromatic N) is 3. The van der Waals surface area contributed by atoms with Crippen LogP contribution in [0.5, 0.6) is 5.75 Å². The van der Waals surface area contributed by atoms with Gasteiger partial charge in [0.15, 0.2) is 12.4 Å². The minimum Gasteiger partial charge on any atom is -0.483 e. The number of morpholine rings is 1. The molecule has 1 saturated heterocycles. The van der Waals surface area contributed by atoms with Crippen LogP contribution in [0.3, 0.4) is 0 Å². The van der Waals surface area contributed by atoms with Crippen molar-refractivity contribution in [1.29, 1.82) is 0 Å². The first-order chi connectivity index (χ1) is 16.9. The molecular formula is C21H17Cl2F5N4O4. The van der Waals surface area contributed by atoms with Gasteiger partial charge in [-0.05, 0) is 18.2 Å². The summed E-state index contributed by atoms with van der Waals surface area (Å²) in [6.45, 7) is -1.40. The van der Waals surface area contributed by atoms with Crippen molar-refractivity contribution < 1.29 is 41.0 Å². The van der Waals surface area contributed by atoms with E-state index in [0.717, 1.165) is 23.2 Å². The van der Waals surface area contributed by atoms with Gasteiger partial charge in [-0.3, -0.25) is 19.5 Å². The SMILES string of the molecule is CN(/N=C1/COCCN1C=O)c1cc(OCC(F)(F)F)c(C(=O)Nc2c(Cl)cc(F)cc2Cl)cc1F. The molecule has 0 saturated carbocycles. The average molecular weight is 555 g/mol. The quantitative estimate of drug-likeness (QED) is 0.304. The summed E-state index contributed by atoms with van der Waals surface area (Å²) in [5, 5.41) is 6.64. The lowest BCUT2D eigenvalue weighted by molar-refractivity contribution is -0.153. The molecule has 2 aromatic rings. The molecule has 2 amide bonds. The van der Waals surface area contributed by atoms with Crippen LogP contribution in [-0.4, -0.2) is 62.6 Å². The number of amides is 2. The van der Waals surface area contributed by atoms with E-state index in [-0.39, 0.29) is 47.0 Å². The van der Waals surface area contributed by atoms with E-state index in [1.807, 2.05) is 0 Å². The highest BCUT2D eigenvalue weighted by Gasteiger charge is 2.30. The molecule has 3 rings (SSSR count). The zero-order valence-electron chi connectivity index (χ0n) is 18.3. The number of hydrogen-bond donors (Lipinski definition) is 1. The molecule has 1 fully saturated rings. The number of benzene rings is 2. The Bertz CT molecular complexity index is 1170. The molecule has 1 N–H and O–H groups in total. The van der Waals surface area contributed by atoms with Crippen molar-refractivity contribution >= 4 is 52.7 Å². The van der Waals surface area contributed by atoms with Crippen LogP contribution in [0.25, 0.3) is 0 Å². The minimum atomic E-state index is -4.78. The number of halogens is 7. The van der Waals surface area contributed by atoms with Crippen molar-refractivity contribution in [3.8, 4) is 5.75 Å². The van der Waals surface area contributed by atoms with Crippen LogP contribution >= 0.6 is 23.2 Å². The highest BCUT2D eigenvalue weighted by molar-refractivity contribution is 6.40. The summed E-state index contributed by atoms with van der Waals surface area (Å²) < 4.78 is 77.0. The Balaban J connectivity index is 1.99. The number of carbonyl (C=O) groups is 2. The topological polar surface area (TPSA) is 83.5 Å². The molecule has 2 aromatic carbocycles. The van der Waals surface area contributed by atoms with Crippen LogP contribution in [0.4, 0.5) is 33.3 Å². The number of ether oxygens (including phenoxy) is 2. The minimum absolute atomic E-state index is 0.0677. The Morgan fingerprint density at radius 2 is 1.92 bits per heavy atom. The lowest BCUT2D eigenvalue weighted by Crippen LogP contribution is -2.42. The molecule has 0 bridgehead atoms. The molecule has 1 heterocycles.